The number of para-hydroxylation sites is 1. The Labute approximate surface area is 156 Å². The maximum Gasteiger partial charge on any atom is 0.268 e. The van der Waals surface area contributed by atoms with Crippen LogP contribution in [0.25, 0.3) is 4.91 Å². The Kier molecular flexibility index (Phi) is 4.92. The number of amides is 1. The lowest BCUT2D eigenvalue weighted by atomic mass is 10.2. The number of hydrogen-bond donors (Lipinski definition) is 1. The number of rotatable bonds is 3. The van der Waals surface area contributed by atoms with Gasteiger partial charge in [0.05, 0.1) is 27.1 Å². The van der Waals surface area contributed by atoms with E-state index in [1.54, 1.807) is 30.3 Å². The number of carbonyl (C=O) groups excluding carboxylic acids is 1. The molecule has 136 valence electrons. The van der Waals surface area contributed by atoms with Crippen LogP contribution in [0.2, 0.25) is 5.02 Å². The molecule has 0 atom stereocenters. The highest BCUT2D eigenvalue weighted by Crippen LogP contribution is 2.34. The molecule has 1 amide bonds. The van der Waals surface area contributed by atoms with Crippen molar-refractivity contribution in [2.45, 2.75) is 0 Å². The van der Waals surface area contributed by atoms with Gasteiger partial charge < -0.3 is 5.32 Å². The fourth-order valence-corrected chi connectivity index (χ4v) is 7.30. The Morgan fingerprint density at radius 3 is 2.08 bits per heavy atom. The standard InChI is InChI=1S/C17H14ClNO5S2/c18-13-8-4-5-9-14(13)19-17(20)16-15(12-6-2-1-3-7-12)25(21,22)10-11-26(16,23)24/h1-9H,10-11H2,(H,19,20). The highest BCUT2D eigenvalue weighted by atomic mass is 35.5. The first-order chi connectivity index (χ1) is 12.2. The van der Waals surface area contributed by atoms with Crippen LogP contribution in [0.1, 0.15) is 5.56 Å². The van der Waals surface area contributed by atoms with Crippen LogP contribution in [0, 0.1) is 0 Å². The average Bonchev–Trinajstić information content (AvgIpc) is 2.59. The number of halogens is 1. The highest BCUT2D eigenvalue weighted by Gasteiger charge is 2.40. The molecule has 0 saturated carbocycles. The van der Waals surface area contributed by atoms with Gasteiger partial charge in [-0.1, -0.05) is 54.1 Å². The van der Waals surface area contributed by atoms with Crippen molar-refractivity contribution in [1.29, 1.82) is 0 Å². The van der Waals surface area contributed by atoms with Gasteiger partial charge in [0, 0.05) is 0 Å². The Balaban J connectivity index is 2.22. The van der Waals surface area contributed by atoms with Crippen molar-refractivity contribution in [3.63, 3.8) is 0 Å². The third-order valence-corrected chi connectivity index (χ3v) is 8.09. The van der Waals surface area contributed by atoms with Crippen LogP contribution in [-0.2, 0) is 24.5 Å². The summed E-state index contributed by atoms with van der Waals surface area (Å²) in [4.78, 5) is 11.5. The van der Waals surface area contributed by atoms with Crippen LogP contribution < -0.4 is 5.32 Å². The summed E-state index contributed by atoms with van der Waals surface area (Å²) in [6.45, 7) is 0. The maximum absolute atomic E-state index is 12.7. The van der Waals surface area contributed by atoms with Crippen molar-refractivity contribution in [2.24, 2.45) is 0 Å². The molecule has 1 heterocycles. The first kappa shape index (κ1) is 18.6. The summed E-state index contributed by atoms with van der Waals surface area (Å²) in [5, 5.41) is 2.61. The Hall–Kier alpha value is -2.16. The van der Waals surface area contributed by atoms with Crippen molar-refractivity contribution < 1.29 is 21.6 Å². The molecule has 3 rings (SSSR count). The predicted octanol–water partition coefficient (Wildman–Crippen LogP) is 2.49. The van der Waals surface area contributed by atoms with Crippen LogP contribution in [0.5, 0.6) is 0 Å². The van der Waals surface area contributed by atoms with Crippen LogP contribution >= 0.6 is 11.6 Å². The minimum atomic E-state index is -4.08. The topological polar surface area (TPSA) is 97.4 Å². The summed E-state index contributed by atoms with van der Waals surface area (Å²) in [5.74, 6) is -2.24. The van der Waals surface area contributed by atoms with Crippen LogP contribution in [0.15, 0.2) is 59.5 Å². The van der Waals surface area contributed by atoms with Crippen molar-refractivity contribution >= 4 is 47.8 Å². The smallest absolute Gasteiger partial charge is 0.268 e. The molecule has 2 aromatic rings. The van der Waals surface area contributed by atoms with Gasteiger partial charge in [0.25, 0.3) is 5.91 Å². The van der Waals surface area contributed by atoms with E-state index in [9.17, 15) is 21.6 Å². The molecule has 2 aromatic carbocycles. The first-order valence-electron chi connectivity index (χ1n) is 7.53. The Morgan fingerprint density at radius 1 is 0.846 bits per heavy atom. The van der Waals surface area contributed by atoms with E-state index in [0.29, 0.717) is 0 Å². The van der Waals surface area contributed by atoms with E-state index >= 15 is 0 Å². The second-order valence-corrected chi connectivity index (χ2v) is 10.1. The van der Waals surface area contributed by atoms with Crippen molar-refractivity contribution in [3.05, 3.63) is 70.1 Å². The molecule has 0 unspecified atom stereocenters. The fraction of sp³-hybridized carbons (Fsp3) is 0.118. The summed E-state index contributed by atoms with van der Waals surface area (Å²) >= 11 is 5.99. The molecule has 1 aliphatic heterocycles. The van der Waals surface area contributed by atoms with Gasteiger partial charge in [-0.25, -0.2) is 16.8 Å². The minimum absolute atomic E-state index is 0.153. The van der Waals surface area contributed by atoms with Gasteiger partial charge in [-0.3, -0.25) is 4.79 Å². The van der Waals surface area contributed by atoms with Crippen LogP contribution in [-0.4, -0.2) is 34.2 Å². The second-order valence-electron chi connectivity index (χ2n) is 5.60. The Morgan fingerprint density at radius 2 is 1.42 bits per heavy atom. The molecule has 1 aliphatic rings. The molecular weight excluding hydrogens is 398 g/mol. The van der Waals surface area contributed by atoms with Gasteiger partial charge in [-0.15, -0.1) is 0 Å². The lowest BCUT2D eigenvalue weighted by Crippen LogP contribution is -2.33. The van der Waals surface area contributed by atoms with Gasteiger partial charge in [-0.2, -0.15) is 0 Å². The molecular formula is C17H14ClNO5S2. The van der Waals surface area contributed by atoms with Crippen molar-refractivity contribution in [2.75, 3.05) is 16.8 Å². The van der Waals surface area contributed by atoms with E-state index < -0.39 is 46.9 Å². The van der Waals surface area contributed by atoms with E-state index in [-0.39, 0.29) is 16.3 Å². The summed E-state index contributed by atoms with van der Waals surface area (Å²) in [6.07, 6.45) is 0. The highest BCUT2D eigenvalue weighted by molar-refractivity contribution is 8.06. The van der Waals surface area contributed by atoms with E-state index in [4.69, 9.17) is 11.6 Å². The van der Waals surface area contributed by atoms with E-state index in [1.807, 2.05) is 0 Å². The monoisotopic (exact) mass is 411 g/mol. The molecule has 9 heteroatoms. The van der Waals surface area contributed by atoms with Gasteiger partial charge >= 0.3 is 0 Å². The number of benzene rings is 2. The lowest BCUT2D eigenvalue weighted by Gasteiger charge is -2.21. The summed E-state index contributed by atoms with van der Waals surface area (Å²) in [5.41, 5.74) is 0.345. The molecule has 6 nitrogen and oxygen atoms in total. The fourth-order valence-electron chi connectivity index (χ4n) is 2.59. The first-order valence-corrected chi connectivity index (χ1v) is 11.2. The summed E-state index contributed by atoms with van der Waals surface area (Å²) < 4.78 is 50.3. The van der Waals surface area contributed by atoms with E-state index in [2.05, 4.69) is 5.32 Å². The summed E-state index contributed by atoms with van der Waals surface area (Å²) in [7, 11) is -8.02. The van der Waals surface area contributed by atoms with Crippen LogP contribution in [0.3, 0.4) is 0 Å². The average molecular weight is 412 g/mol. The molecule has 0 fully saturated rings. The van der Waals surface area contributed by atoms with Crippen molar-refractivity contribution in [1.82, 2.24) is 0 Å². The molecule has 0 radical (unpaired) electrons. The molecule has 0 aromatic heterocycles. The number of nitrogens with one attached hydrogen (secondary N) is 1. The number of anilines is 1. The zero-order valence-electron chi connectivity index (χ0n) is 13.3. The molecule has 26 heavy (non-hydrogen) atoms. The minimum Gasteiger partial charge on any atom is -0.320 e. The second kappa shape index (κ2) is 6.86. The largest absolute Gasteiger partial charge is 0.320 e. The summed E-state index contributed by atoms with van der Waals surface area (Å²) in [6, 6.07) is 14.0. The van der Waals surface area contributed by atoms with Gasteiger partial charge in [0.15, 0.2) is 24.6 Å². The van der Waals surface area contributed by atoms with E-state index in [0.717, 1.165) is 0 Å². The zero-order valence-corrected chi connectivity index (χ0v) is 15.7. The Bertz CT molecular complexity index is 1110. The molecule has 0 spiro atoms. The normalized spacial score (nSPS) is 18.3. The van der Waals surface area contributed by atoms with Gasteiger partial charge in [-0.05, 0) is 17.7 Å². The third-order valence-electron chi connectivity index (χ3n) is 3.81. The zero-order chi connectivity index (χ0) is 18.9. The number of hydrogen-bond acceptors (Lipinski definition) is 5. The van der Waals surface area contributed by atoms with Crippen LogP contribution in [0.4, 0.5) is 5.69 Å². The maximum atomic E-state index is 12.7. The SMILES string of the molecule is O=C(Nc1ccccc1Cl)C1=C(c2ccccc2)S(=O)(=O)CCS1(=O)=O. The number of sulfone groups is 2. The molecule has 0 aliphatic carbocycles. The number of carbonyl (C=O) groups is 1. The predicted molar refractivity (Wildman–Crippen MR) is 101 cm³/mol. The lowest BCUT2D eigenvalue weighted by molar-refractivity contribution is -0.112. The van der Waals surface area contributed by atoms with Crippen molar-refractivity contribution in [3.8, 4) is 0 Å². The quantitative estimate of drug-likeness (QED) is 0.836. The van der Waals surface area contributed by atoms with Gasteiger partial charge in [0.2, 0.25) is 0 Å². The molecule has 1 N–H and O–H groups in total. The van der Waals surface area contributed by atoms with Gasteiger partial charge in [0.1, 0.15) is 0 Å². The van der Waals surface area contributed by atoms with E-state index in [1.165, 1.54) is 24.3 Å². The third kappa shape index (κ3) is 3.53. The molecule has 0 saturated heterocycles. The molecule has 0 bridgehead atoms.